The summed E-state index contributed by atoms with van der Waals surface area (Å²) in [7, 11) is 0. The minimum atomic E-state index is -0.478. The smallest absolute Gasteiger partial charge is 0.207 e. The van der Waals surface area contributed by atoms with Gasteiger partial charge in [-0.3, -0.25) is 0 Å². The molecular weight excluding hydrogens is 384 g/mol. The lowest BCUT2D eigenvalue weighted by Gasteiger charge is -2.61. The van der Waals surface area contributed by atoms with Crippen LogP contribution in [0, 0.1) is 23.7 Å². The summed E-state index contributed by atoms with van der Waals surface area (Å²) in [6, 6.07) is 19.4. The van der Waals surface area contributed by atoms with Crippen molar-refractivity contribution in [1.29, 1.82) is 0 Å². The zero-order valence-electron chi connectivity index (χ0n) is 17.9. The van der Waals surface area contributed by atoms with Crippen LogP contribution in [0.4, 0.5) is 0 Å². The van der Waals surface area contributed by atoms with E-state index in [0.29, 0.717) is 11.8 Å². The Morgan fingerprint density at radius 2 is 1.35 bits per heavy atom. The van der Waals surface area contributed by atoms with E-state index in [1.165, 1.54) is 54.4 Å². The Bertz CT molecular complexity index is 965. The van der Waals surface area contributed by atoms with Crippen LogP contribution in [-0.4, -0.2) is 18.0 Å². The molecule has 0 N–H and O–H groups in total. The molecule has 3 heteroatoms. The fraction of sp³-hybridized carbons (Fsp3) is 0.500. The molecular formula is C28H30O3. The fourth-order valence-corrected chi connectivity index (χ4v) is 7.43. The SMILES string of the molecule is C1=C(c2ccc(-c3ccccc3)cc2)[C@@H]2OOC3(O[C@H]2CC1)C1CC2CC(C1)CC3C2. The summed E-state index contributed by atoms with van der Waals surface area (Å²) >= 11 is 0. The molecule has 0 radical (unpaired) electrons. The Balaban J connectivity index is 1.14. The van der Waals surface area contributed by atoms with Crippen molar-refractivity contribution >= 4 is 5.57 Å². The molecule has 1 saturated heterocycles. The second-order valence-electron chi connectivity index (χ2n) is 10.5. The average molecular weight is 415 g/mol. The van der Waals surface area contributed by atoms with Crippen LogP contribution in [0.25, 0.3) is 16.7 Å². The summed E-state index contributed by atoms with van der Waals surface area (Å²) in [5.41, 5.74) is 4.91. The van der Waals surface area contributed by atoms with E-state index < -0.39 is 5.79 Å². The molecule has 1 heterocycles. The number of hydrogen-bond donors (Lipinski definition) is 0. The molecule has 4 bridgehead atoms. The van der Waals surface area contributed by atoms with Gasteiger partial charge in [-0.2, -0.15) is 4.89 Å². The van der Waals surface area contributed by atoms with Crippen LogP contribution in [0.2, 0.25) is 0 Å². The first-order valence-corrected chi connectivity index (χ1v) is 12.2. The fourth-order valence-electron chi connectivity index (χ4n) is 7.43. The summed E-state index contributed by atoms with van der Waals surface area (Å²) in [4.78, 5) is 12.5. The molecule has 6 aliphatic rings. The summed E-state index contributed by atoms with van der Waals surface area (Å²) in [6.07, 6.45) is 10.8. The van der Waals surface area contributed by atoms with Gasteiger partial charge in [0.25, 0.3) is 0 Å². The summed E-state index contributed by atoms with van der Waals surface area (Å²) in [6.45, 7) is 0. The van der Waals surface area contributed by atoms with E-state index in [0.717, 1.165) is 24.7 Å². The molecule has 0 amide bonds. The van der Waals surface area contributed by atoms with Gasteiger partial charge >= 0.3 is 0 Å². The van der Waals surface area contributed by atoms with E-state index in [1.807, 2.05) is 0 Å². The van der Waals surface area contributed by atoms with E-state index in [1.54, 1.807) is 0 Å². The van der Waals surface area contributed by atoms with Gasteiger partial charge in [0.2, 0.25) is 5.79 Å². The zero-order chi connectivity index (χ0) is 20.4. The topological polar surface area (TPSA) is 27.7 Å². The molecule has 0 unspecified atom stereocenters. The highest BCUT2D eigenvalue weighted by Crippen LogP contribution is 2.61. The van der Waals surface area contributed by atoms with E-state index >= 15 is 0 Å². The second kappa shape index (κ2) is 7.03. The standard InChI is InChI=1S/C28H30O3/c1-2-5-20(6-3-1)21-9-11-22(12-10-21)25-7-4-8-26-27(25)30-31-28(29-26)23-14-18-13-19(16-23)17-24(28)15-18/h1-3,5-7,9-12,18-19,23-24,26-27H,4,8,13-17H2/t18?,19?,23?,24?,26-,27-,28?/m0/s1. The molecule has 1 aliphatic heterocycles. The first-order valence-electron chi connectivity index (χ1n) is 12.2. The van der Waals surface area contributed by atoms with Gasteiger partial charge in [0.05, 0.1) is 6.10 Å². The molecule has 3 nitrogen and oxygen atoms in total. The Kier molecular flexibility index (Phi) is 4.22. The van der Waals surface area contributed by atoms with Crippen molar-refractivity contribution in [2.24, 2.45) is 23.7 Å². The highest BCUT2D eigenvalue weighted by atomic mass is 17.2. The van der Waals surface area contributed by atoms with Crippen LogP contribution >= 0.6 is 0 Å². The van der Waals surface area contributed by atoms with Crippen LogP contribution in [0.1, 0.15) is 50.5 Å². The second-order valence-corrected chi connectivity index (χ2v) is 10.5. The maximum atomic E-state index is 6.91. The van der Waals surface area contributed by atoms with Crippen LogP contribution in [0.15, 0.2) is 60.7 Å². The van der Waals surface area contributed by atoms with Gasteiger partial charge in [-0.05, 0) is 79.0 Å². The summed E-state index contributed by atoms with van der Waals surface area (Å²) < 4.78 is 6.91. The lowest BCUT2D eigenvalue weighted by molar-refractivity contribution is -0.532. The van der Waals surface area contributed by atoms with Crippen molar-refractivity contribution in [1.82, 2.24) is 0 Å². The van der Waals surface area contributed by atoms with Crippen molar-refractivity contribution in [3.63, 3.8) is 0 Å². The van der Waals surface area contributed by atoms with Gasteiger partial charge in [0.15, 0.2) is 0 Å². The number of allylic oxidation sites excluding steroid dienone is 1. The molecule has 4 saturated carbocycles. The van der Waals surface area contributed by atoms with Crippen molar-refractivity contribution in [2.45, 2.75) is 62.9 Å². The molecule has 31 heavy (non-hydrogen) atoms. The largest absolute Gasteiger partial charge is 0.340 e. The molecule has 1 spiro atoms. The molecule has 160 valence electrons. The Hall–Kier alpha value is -1.94. The van der Waals surface area contributed by atoms with Crippen molar-refractivity contribution in [3.8, 4) is 11.1 Å². The number of benzene rings is 2. The quantitative estimate of drug-likeness (QED) is 0.532. The summed E-state index contributed by atoms with van der Waals surface area (Å²) in [5, 5.41) is 0. The maximum absolute atomic E-state index is 6.91. The van der Waals surface area contributed by atoms with Crippen LogP contribution < -0.4 is 0 Å². The minimum absolute atomic E-state index is 0.0973. The Morgan fingerprint density at radius 1 is 0.710 bits per heavy atom. The number of hydrogen-bond acceptors (Lipinski definition) is 3. The van der Waals surface area contributed by atoms with E-state index in [4.69, 9.17) is 14.5 Å². The third-order valence-corrected chi connectivity index (χ3v) is 8.68. The van der Waals surface area contributed by atoms with Gasteiger partial charge in [-0.15, -0.1) is 0 Å². The molecule has 2 aromatic carbocycles. The Morgan fingerprint density at radius 3 is 2.06 bits per heavy atom. The van der Waals surface area contributed by atoms with Gasteiger partial charge in [0.1, 0.15) is 6.10 Å². The monoisotopic (exact) mass is 414 g/mol. The van der Waals surface area contributed by atoms with E-state index in [-0.39, 0.29) is 12.2 Å². The number of fused-ring (bicyclic) bond motifs is 1. The van der Waals surface area contributed by atoms with Crippen molar-refractivity contribution in [3.05, 3.63) is 66.2 Å². The number of ether oxygens (including phenoxy) is 1. The van der Waals surface area contributed by atoms with Crippen molar-refractivity contribution in [2.75, 3.05) is 0 Å². The van der Waals surface area contributed by atoms with Crippen LogP contribution in [-0.2, 0) is 14.5 Å². The molecule has 2 atom stereocenters. The highest BCUT2D eigenvalue weighted by molar-refractivity contribution is 5.73. The molecule has 0 aromatic heterocycles. The third-order valence-electron chi connectivity index (χ3n) is 8.68. The highest BCUT2D eigenvalue weighted by Gasteiger charge is 2.63. The van der Waals surface area contributed by atoms with Gasteiger partial charge < -0.3 is 4.74 Å². The van der Waals surface area contributed by atoms with Crippen molar-refractivity contribution < 1.29 is 14.5 Å². The normalized spacial score (nSPS) is 40.6. The summed E-state index contributed by atoms with van der Waals surface area (Å²) in [5.74, 6) is 2.34. The molecule has 5 fully saturated rings. The first-order chi connectivity index (χ1) is 15.3. The Labute approximate surface area is 184 Å². The third kappa shape index (κ3) is 2.90. The molecule has 5 aliphatic carbocycles. The lowest BCUT2D eigenvalue weighted by Crippen LogP contribution is -2.65. The van der Waals surface area contributed by atoms with E-state index in [9.17, 15) is 0 Å². The first kappa shape index (κ1) is 18.6. The van der Waals surface area contributed by atoms with Crippen LogP contribution in [0.5, 0.6) is 0 Å². The van der Waals surface area contributed by atoms with E-state index in [2.05, 4.69) is 60.7 Å². The predicted molar refractivity (Wildman–Crippen MR) is 120 cm³/mol. The lowest BCUT2D eigenvalue weighted by atomic mass is 9.53. The predicted octanol–water partition coefficient (Wildman–Crippen LogP) is 6.40. The van der Waals surface area contributed by atoms with Crippen LogP contribution in [0.3, 0.4) is 0 Å². The average Bonchev–Trinajstić information content (AvgIpc) is 2.82. The minimum Gasteiger partial charge on any atom is -0.340 e. The zero-order valence-corrected chi connectivity index (χ0v) is 17.9. The molecule has 8 rings (SSSR count). The van der Waals surface area contributed by atoms with Gasteiger partial charge in [0, 0.05) is 11.8 Å². The number of rotatable bonds is 2. The molecule has 2 aromatic rings. The van der Waals surface area contributed by atoms with Gasteiger partial charge in [-0.1, -0.05) is 60.7 Å². The maximum Gasteiger partial charge on any atom is 0.207 e. The van der Waals surface area contributed by atoms with Gasteiger partial charge in [-0.25, -0.2) is 4.89 Å².